The lowest BCUT2D eigenvalue weighted by molar-refractivity contribution is -0.385. The lowest BCUT2D eigenvalue weighted by atomic mass is 10.1. The van der Waals surface area contributed by atoms with Crippen LogP contribution in [-0.4, -0.2) is 23.0 Å². The Bertz CT molecular complexity index is 496. The first-order valence-electron chi connectivity index (χ1n) is 4.55. The Kier molecular flexibility index (Phi) is 4.49. The molecule has 1 heterocycles. The Morgan fingerprint density at radius 3 is 2.72 bits per heavy atom. The second-order valence-corrected chi connectivity index (χ2v) is 3.50. The molecule has 1 aromatic rings. The van der Waals surface area contributed by atoms with Gasteiger partial charge in [0.25, 0.3) is 6.43 Å². The van der Waals surface area contributed by atoms with E-state index in [1.54, 1.807) is 0 Å². The maximum atomic E-state index is 12.7. The molecule has 0 bridgehead atoms. The number of hydrogen-bond acceptors (Lipinski definition) is 5. The zero-order valence-corrected chi connectivity index (χ0v) is 9.78. The number of methoxy groups -OCH3 is 1. The summed E-state index contributed by atoms with van der Waals surface area (Å²) in [6.45, 7) is 0. The van der Waals surface area contributed by atoms with Crippen molar-refractivity contribution in [1.82, 2.24) is 4.98 Å². The van der Waals surface area contributed by atoms with Crippen LogP contribution in [0.3, 0.4) is 0 Å². The number of aromatic nitrogens is 1. The number of carbonyl (C=O) groups is 1. The van der Waals surface area contributed by atoms with E-state index in [1.165, 1.54) is 0 Å². The van der Waals surface area contributed by atoms with Crippen LogP contribution in [0.4, 0.5) is 14.5 Å². The zero-order chi connectivity index (χ0) is 13.9. The highest BCUT2D eigenvalue weighted by Gasteiger charge is 2.29. The summed E-state index contributed by atoms with van der Waals surface area (Å²) in [6, 6.07) is 0. The number of carbonyl (C=O) groups excluding carboxylic acids is 1. The van der Waals surface area contributed by atoms with Crippen molar-refractivity contribution in [3.63, 3.8) is 0 Å². The molecule has 0 saturated heterocycles. The molecule has 0 unspecified atom stereocenters. The van der Waals surface area contributed by atoms with Crippen molar-refractivity contribution in [2.45, 2.75) is 12.8 Å². The maximum absolute atomic E-state index is 12.7. The summed E-state index contributed by atoms with van der Waals surface area (Å²) in [7, 11) is 1.04. The molecule has 6 nitrogen and oxygen atoms in total. The van der Waals surface area contributed by atoms with Crippen molar-refractivity contribution >= 4 is 23.3 Å². The minimum absolute atomic E-state index is 0.484. The Labute approximate surface area is 105 Å². The standard InChI is InChI=1S/C9H7ClF2N2O4/c1-18-6(15)2-4-5(9(11)12)3-13-8(10)7(4)14(16)17/h3,9H,2H2,1H3. The van der Waals surface area contributed by atoms with Gasteiger partial charge in [-0.15, -0.1) is 0 Å². The van der Waals surface area contributed by atoms with Gasteiger partial charge in [-0.3, -0.25) is 14.9 Å². The van der Waals surface area contributed by atoms with Gasteiger partial charge >= 0.3 is 11.7 Å². The van der Waals surface area contributed by atoms with Gasteiger partial charge in [-0.25, -0.2) is 13.8 Å². The van der Waals surface area contributed by atoms with Crippen molar-refractivity contribution in [2.75, 3.05) is 7.11 Å². The molecule has 9 heteroatoms. The third-order valence-corrected chi connectivity index (χ3v) is 2.39. The molecule has 0 amide bonds. The number of esters is 1. The molecule has 0 spiro atoms. The molecule has 1 aromatic heterocycles. The summed E-state index contributed by atoms with van der Waals surface area (Å²) in [5.41, 5.74) is -2.00. The first-order chi connectivity index (χ1) is 8.38. The monoisotopic (exact) mass is 280 g/mol. The summed E-state index contributed by atoms with van der Waals surface area (Å²) in [5.74, 6) is -0.887. The minimum atomic E-state index is -3.01. The van der Waals surface area contributed by atoms with Gasteiger partial charge in [-0.1, -0.05) is 11.6 Å². The number of ether oxygens (including phenoxy) is 1. The Balaban J connectivity index is 3.43. The highest BCUT2D eigenvalue weighted by atomic mass is 35.5. The molecule has 0 aromatic carbocycles. The van der Waals surface area contributed by atoms with E-state index in [0.717, 1.165) is 7.11 Å². The molecule has 18 heavy (non-hydrogen) atoms. The number of nitrogens with zero attached hydrogens (tertiary/aromatic N) is 2. The first-order valence-corrected chi connectivity index (χ1v) is 4.92. The van der Waals surface area contributed by atoms with E-state index in [2.05, 4.69) is 9.72 Å². The lowest BCUT2D eigenvalue weighted by Crippen LogP contribution is -2.11. The van der Waals surface area contributed by atoms with Crippen molar-refractivity contribution in [3.05, 3.63) is 32.6 Å². The number of rotatable bonds is 4. The van der Waals surface area contributed by atoms with Gasteiger partial charge in [0.1, 0.15) is 0 Å². The first kappa shape index (κ1) is 14.2. The van der Waals surface area contributed by atoms with Crippen molar-refractivity contribution in [1.29, 1.82) is 0 Å². The van der Waals surface area contributed by atoms with Gasteiger partial charge in [0.2, 0.25) is 5.15 Å². The number of pyridine rings is 1. The fraction of sp³-hybridized carbons (Fsp3) is 0.333. The number of nitro groups is 1. The smallest absolute Gasteiger partial charge is 0.310 e. The van der Waals surface area contributed by atoms with Crippen LogP contribution < -0.4 is 0 Å². The lowest BCUT2D eigenvalue weighted by Gasteiger charge is -2.08. The summed E-state index contributed by atoms with van der Waals surface area (Å²) >= 11 is 5.48. The predicted molar refractivity (Wildman–Crippen MR) is 56.6 cm³/mol. The summed E-state index contributed by atoms with van der Waals surface area (Å²) in [5, 5.41) is 10.2. The van der Waals surface area contributed by atoms with Crippen LogP contribution in [0.15, 0.2) is 6.20 Å². The molecular weight excluding hydrogens is 274 g/mol. The van der Waals surface area contributed by atoms with E-state index in [0.29, 0.717) is 6.20 Å². The summed E-state index contributed by atoms with van der Waals surface area (Å²) in [6.07, 6.45) is -2.97. The van der Waals surface area contributed by atoms with Crippen molar-refractivity contribution < 1.29 is 23.2 Å². The predicted octanol–water partition coefficient (Wildman–Crippen LogP) is 2.30. The highest BCUT2D eigenvalue weighted by Crippen LogP contribution is 2.34. The van der Waals surface area contributed by atoms with Crippen LogP contribution in [0.25, 0.3) is 0 Å². The van der Waals surface area contributed by atoms with Gasteiger partial charge in [0.05, 0.1) is 24.0 Å². The Morgan fingerprint density at radius 2 is 2.28 bits per heavy atom. The molecule has 0 aliphatic rings. The van der Waals surface area contributed by atoms with Gasteiger partial charge in [-0.05, 0) is 0 Å². The normalized spacial score (nSPS) is 10.5. The molecule has 0 aliphatic heterocycles. The van der Waals surface area contributed by atoms with E-state index >= 15 is 0 Å². The Hall–Kier alpha value is -1.83. The second-order valence-electron chi connectivity index (χ2n) is 3.14. The minimum Gasteiger partial charge on any atom is -0.469 e. The van der Waals surface area contributed by atoms with Crippen molar-refractivity contribution in [3.8, 4) is 0 Å². The molecule has 0 atom stereocenters. The quantitative estimate of drug-likeness (QED) is 0.366. The van der Waals surface area contributed by atoms with Gasteiger partial charge in [0.15, 0.2) is 0 Å². The van der Waals surface area contributed by atoms with Gasteiger partial charge in [0, 0.05) is 11.8 Å². The fourth-order valence-electron chi connectivity index (χ4n) is 1.30. The van der Waals surface area contributed by atoms with Crippen LogP contribution in [-0.2, 0) is 16.0 Å². The number of hydrogen-bond donors (Lipinski definition) is 0. The molecule has 98 valence electrons. The summed E-state index contributed by atoms with van der Waals surface area (Å²) in [4.78, 5) is 24.2. The van der Waals surface area contributed by atoms with Gasteiger partial charge < -0.3 is 4.74 Å². The average molecular weight is 281 g/mol. The SMILES string of the molecule is COC(=O)Cc1c(C(F)F)cnc(Cl)c1[N+](=O)[O-]. The highest BCUT2D eigenvalue weighted by molar-refractivity contribution is 6.31. The zero-order valence-electron chi connectivity index (χ0n) is 9.02. The molecule has 0 aliphatic carbocycles. The molecular formula is C9H7ClF2N2O4. The summed E-state index contributed by atoms with van der Waals surface area (Å²) < 4.78 is 29.7. The van der Waals surface area contributed by atoms with Crippen LogP contribution in [0.5, 0.6) is 0 Å². The van der Waals surface area contributed by atoms with E-state index in [-0.39, 0.29) is 0 Å². The molecule has 0 radical (unpaired) electrons. The number of halogens is 3. The van der Waals surface area contributed by atoms with E-state index < -0.39 is 45.7 Å². The molecule has 0 saturated carbocycles. The average Bonchev–Trinajstić information content (AvgIpc) is 2.27. The van der Waals surface area contributed by atoms with Crippen LogP contribution >= 0.6 is 11.6 Å². The van der Waals surface area contributed by atoms with Crippen LogP contribution in [0, 0.1) is 10.1 Å². The molecule has 0 fully saturated rings. The third kappa shape index (κ3) is 2.89. The fourth-order valence-corrected chi connectivity index (χ4v) is 1.53. The molecule has 1 rings (SSSR count). The largest absolute Gasteiger partial charge is 0.469 e. The maximum Gasteiger partial charge on any atom is 0.310 e. The molecule has 0 N–H and O–H groups in total. The van der Waals surface area contributed by atoms with Crippen LogP contribution in [0.1, 0.15) is 17.6 Å². The van der Waals surface area contributed by atoms with E-state index in [4.69, 9.17) is 11.6 Å². The third-order valence-electron chi connectivity index (χ3n) is 2.11. The Morgan fingerprint density at radius 1 is 1.67 bits per heavy atom. The number of alkyl halides is 2. The van der Waals surface area contributed by atoms with E-state index in [9.17, 15) is 23.7 Å². The second kappa shape index (κ2) is 5.67. The van der Waals surface area contributed by atoms with Crippen LogP contribution in [0.2, 0.25) is 5.15 Å². The van der Waals surface area contributed by atoms with Crippen molar-refractivity contribution in [2.24, 2.45) is 0 Å². The van der Waals surface area contributed by atoms with E-state index in [1.807, 2.05) is 0 Å². The topological polar surface area (TPSA) is 82.3 Å². The van der Waals surface area contributed by atoms with Gasteiger partial charge in [-0.2, -0.15) is 0 Å².